The molecule has 2 rings (SSSR count). The summed E-state index contributed by atoms with van der Waals surface area (Å²) in [6, 6.07) is 2.27. The summed E-state index contributed by atoms with van der Waals surface area (Å²) in [5.41, 5.74) is 0.278. The molecule has 0 spiro atoms. The van der Waals surface area contributed by atoms with Crippen LogP contribution in [0, 0.1) is 23.7 Å². The Balaban J connectivity index is 2.07. The summed E-state index contributed by atoms with van der Waals surface area (Å²) in [6.07, 6.45) is 6.88. The van der Waals surface area contributed by atoms with Crippen LogP contribution in [-0.4, -0.2) is 9.55 Å². The first-order chi connectivity index (χ1) is 6.26. The predicted molar refractivity (Wildman–Crippen MR) is 48.9 cm³/mol. The summed E-state index contributed by atoms with van der Waals surface area (Å²) in [4.78, 5) is 4.17. The van der Waals surface area contributed by atoms with Crippen molar-refractivity contribution in [2.45, 2.75) is 32.7 Å². The van der Waals surface area contributed by atoms with Gasteiger partial charge in [0.25, 0.3) is 0 Å². The number of imidazole rings is 1. The first kappa shape index (κ1) is 8.31. The Morgan fingerprint density at radius 2 is 2.46 bits per heavy atom. The number of hydrogen-bond donors (Lipinski definition) is 0. The first-order valence-electron chi connectivity index (χ1n) is 4.60. The zero-order valence-electron chi connectivity index (χ0n) is 7.82. The van der Waals surface area contributed by atoms with Gasteiger partial charge in [0.1, 0.15) is 5.82 Å². The maximum Gasteiger partial charge on any atom is 0.105 e. The molecule has 0 radical (unpaired) electrons. The van der Waals surface area contributed by atoms with Crippen LogP contribution in [-0.2, 0) is 6.54 Å². The standard InChI is InChI=1S/C10H13N3/c1-9-12-6-7-13(9)8-10(2-3-10)4-5-11/h6-7H,2-4,8H2,1H3. The van der Waals surface area contributed by atoms with Gasteiger partial charge >= 0.3 is 0 Å². The number of aryl methyl sites for hydroxylation is 1. The van der Waals surface area contributed by atoms with Gasteiger partial charge in [0.05, 0.1) is 6.07 Å². The fraction of sp³-hybridized carbons (Fsp3) is 0.600. The second kappa shape index (κ2) is 2.88. The lowest BCUT2D eigenvalue weighted by Gasteiger charge is -2.12. The lowest BCUT2D eigenvalue weighted by molar-refractivity contribution is 0.426. The van der Waals surface area contributed by atoms with Gasteiger partial charge < -0.3 is 4.57 Å². The lowest BCUT2D eigenvalue weighted by Crippen LogP contribution is -2.11. The molecule has 0 aliphatic heterocycles. The maximum atomic E-state index is 8.66. The molecule has 1 aromatic heterocycles. The fourth-order valence-corrected chi connectivity index (χ4v) is 1.67. The van der Waals surface area contributed by atoms with Crippen LogP contribution in [0.25, 0.3) is 0 Å². The third kappa shape index (κ3) is 1.57. The highest BCUT2D eigenvalue weighted by Gasteiger charge is 2.42. The van der Waals surface area contributed by atoms with Crippen LogP contribution in [0.5, 0.6) is 0 Å². The molecule has 13 heavy (non-hydrogen) atoms. The molecular formula is C10H13N3. The molecule has 3 heteroatoms. The molecule has 0 atom stereocenters. The third-order valence-electron chi connectivity index (χ3n) is 2.84. The summed E-state index contributed by atoms with van der Waals surface area (Å²) in [7, 11) is 0. The molecule has 1 heterocycles. The van der Waals surface area contributed by atoms with Gasteiger partial charge in [-0.2, -0.15) is 5.26 Å². The molecule has 1 aliphatic carbocycles. The number of aromatic nitrogens is 2. The van der Waals surface area contributed by atoms with Crippen molar-refractivity contribution in [2.24, 2.45) is 5.41 Å². The van der Waals surface area contributed by atoms with Crippen molar-refractivity contribution in [3.8, 4) is 6.07 Å². The van der Waals surface area contributed by atoms with Gasteiger partial charge in [0.15, 0.2) is 0 Å². The van der Waals surface area contributed by atoms with Crippen LogP contribution in [0.1, 0.15) is 25.1 Å². The predicted octanol–water partition coefficient (Wildman–Crippen LogP) is 1.89. The molecule has 0 amide bonds. The van der Waals surface area contributed by atoms with Gasteiger partial charge in [0, 0.05) is 30.8 Å². The van der Waals surface area contributed by atoms with Gasteiger partial charge in [-0.25, -0.2) is 4.98 Å². The van der Waals surface area contributed by atoms with Crippen LogP contribution in [0.4, 0.5) is 0 Å². The van der Waals surface area contributed by atoms with Gasteiger partial charge in [0.2, 0.25) is 0 Å². The zero-order valence-corrected chi connectivity index (χ0v) is 7.82. The normalized spacial score (nSPS) is 18.2. The molecule has 1 saturated carbocycles. The Morgan fingerprint density at radius 3 is 2.92 bits per heavy atom. The van der Waals surface area contributed by atoms with Crippen molar-refractivity contribution < 1.29 is 0 Å². The Labute approximate surface area is 78.0 Å². The van der Waals surface area contributed by atoms with Crippen molar-refractivity contribution in [2.75, 3.05) is 0 Å². The molecule has 68 valence electrons. The minimum atomic E-state index is 0.278. The number of hydrogen-bond acceptors (Lipinski definition) is 2. The molecule has 1 aliphatic rings. The average Bonchev–Trinajstić information content (AvgIpc) is 2.73. The first-order valence-corrected chi connectivity index (χ1v) is 4.60. The summed E-state index contributed by atoms with van der Waals surface area (Å²) >= 11 is 0. The van der Waals surface area contributed by atoms with Crippen LogP contribution >= 0.6 is 0 Å². The van der Waals surface area contributed by atoms with E-state index >= 15 is 0 Å². The number of nitriles is 1. The highest BCUT2D eigenvalue weighted by Crippen LogP contribution is 2.49. The minimum absolute atomic E-state index is 0.278. The molecule has 0 N–H and O–H groups in total. The van der Waals surface area contributed by atoms with Gasteiger partial charge in [-0.1, -0.05) is 0 Å². The molecule has 0 bridgehead atoms. The van der Waals surface area contributed by atoms with E-state index in [1.165, 1.54) is 12.8 Å². The van der Waals surface area contributed by atoms with E-state index < -0.39 is 0 Å². The van der Waals surface area contributed by atoms with E-state index in [1.807, 2.05) is 19.3 Å². The Bertz CT molecular complexity index is 341. The Kier molecular flexibility index (Phi) is 1.84. The zero-order chi connectivity index (χ0) is 9.31. The van der Waals surface area contributed by atoms with Gasteiger partial charge in [-0.3, -0.25) is 0 Å². The van der Waals surface area contributed by atoms with Crippen LogP contribution in [0.2, 0.25) is 0 Å². The van der Waals surface area contributed by atoms with Crippen molar-refractivity contribution in [1.29, 1.82) is 5.26 Å². The maximum absolute atomic E-state index is 8.66. The van der Waals surface area contributed by atoms with E-state index in [1.54, 1.807) is 0 Å². The lowest BCUT2D eigenvalue weighted by atomic mass is 10.0. The van der Waals surface area contributed by atoms with E-state index in [0.29, 0.717) is 6.42 Å². The molecule has 1 fully saturated rings. The topological polar surface area (TPSA) is 41.6 Å². The average molecular weight is 175 g/mol. The van der Waals surface area contributed by atoms with Gasteiger partial charge in [-0.15, -0.1) is 0 Å². The van der Waals surface area contributed by atoms with Crippen LogP contribution < -0.4 is 0 Å². The van der Waals surface area contributed by atoms with Crippen molar-refractivity contribution in [3.05, 3.63) is 18.2 Å². The summed E-state index contributed by atoms with van der Waals surface area (Å²) in [5.74, 6) is 1.05. The molecular weight excluding hydrogens is 162 g/mol. The monoisotopic (exact) mass is 175 g/mol. The highest BCUT2D eigenvalue weighted by molar-refractivity contribution is 5.01. The van der Waals surface area contributed by atoms with E-state index in [4.69, 9.17) is 5.26 Å². The highest BCUT2D eigenvalue weighted by atomic mass is 15.1. The molecule has 0 saturated heterocycles. The van der Waals surface area contributed by atoms with E-state index in [-0.39, 0.29) is 5.41 Å². The summed E-state index contributed by atoms with van der Waals surface area (Å²) < 4.78 is 2.14. The van der Waals surface area contributed by atoms with Gasteiger partial charge in [-0.05, 0) is 19.8 Å². The van der Waals surface area contributed by atoms with E-state index in [0.717, 1.165) is 12.4 Å². The number of rotatable bonds is 3. The Hall–Kier alpha value is -1.30. The van der Waals surface area contributed by atoms with Crippen LogP contribution in [0.3, 0.4) is 0 Å². The molecule has 0 aromatic carbocycles. The second-order valence-electron chi connectivity index (χ2n) is 3.94. The second-order valence-corrected chi connectivity index (χ2v) is 3.94. The minimum Gasteiger partial charge on any atom is -0.335 e. The Morgan fingerprint density at radius 1 is 1.69 bits per heavy atom. The van der Waals surface area contributed by atoms with Crippen molar-refractivity contribution in [3.63, 3.8) is 0 Å². The van der Waals surface area contributed by atoms with Crippen molar-refractivity contribution in [1.82, 2.24) is 9.55 Å². The molecule has 1 aromatic rings. The van der Waals surface area contributed by atoms with E-state index in [2.05, 4.69) is 15.6 Å². The molecule has 0 unspecified atom stereocenters. The summed E-state index contributed by atoms with van der Waals surface area (Å²) in [6.45, 7) is 2.97. The quantitative estimate of drug-likeness (QED) is 0.703. The summed E-state index contributed by atoms with van der Waals surface area (Å²) in [5, 5.41) is 8.66. The number of nitrogens with zero attached hydrogens (tertiary/aromatic N) is 3. The van der Waals surface area contributed by atoms with Crippen molar-refractivity contribution >= 4 is 0 Å². The largest absolute Gasteiger partial charge is 0.335 e. The molecule has 3 nitrogen and oxygen atoms in total. The SMILES string of the molecule is Cc1nccn1CC1(CC#N)CC1. The smallest absolute Gasteiger partial charge is 0.105 e. The van der Waals surface area contributed by atoms with E-state index in [9.17, 15) is 0 Å². The fourth-order valence-electron chi connectivity index (χ4n) is 1.67. The van der Waals surface area contributed by atoms with Crippen LogP contribution in [0.15, 0.2) is 12.4 Å². The third-order valence-corrected chi connectivity index (χ3v) is 2.84.